The molecule has 0 saturated carbocycles. The number of carboxylic acids is 1. The lowest BCUT2D eigenvalue weighted by Crippen LogP contribution is -2.52. The monoisotopic (exact) mass is 875 g/mol. The fourth-order valence-corrected chi connectivity index (χ4v) is 7.53. The highest BCUT2D eigenvalue weighted by molar-refractivity contribution is 6.35. The van der Waals surface area contributed by atoms with Gasteiger partial charge in [-0.15, -0.1) is 0 Å². The van der Waals surface area contributed by atoms with Crippen LogP contribution in [0.1, 0.15) is 53.2 Å². The van der Waals surface area contributed by atoms with Crippen molar-refractivity contribution >= 4 is 52.8 Å². The summed E-state index contributed by atoms with van der Waals surface area (Å²) in [6, 6.07) is 18.1. The number of hydrogen-bond donors (Lipinski definition) is 7. The minimum atomic E-state index is -1.36. The molecule has 3 atom stereocenters. The molecule has 1 heterocycles. The Morgan fingerprint density at radius 2 is 1.46 bits per heavy atom. The van der Waals surface area contributed by atoms with Crippen molar-refractivity contribution in [2.75, 3.05) is 46.4 Å². The van der Waals surface area contributed by atoms with Crippen molar-refractivity contribution in [3.8, 4) is 33.8 Å². The van der Waals surface area contributed by atoms with Gasteiger partial charge in [0.15, 0.2) is 0 Å². The lowest BCUT2D eigenvalue weighted by Gasteiger charge is -2.32. The number of nitrogens with two attached hydrogens (primary N) is 3. The number of ether oxygens (including phenoxy) is 2. The third-order valence-electron chi connectivity index (χ3n) is 10.0. The number of carboxylic acid groups (broad SMARTS) is 1. The predicted molar refractivity (Wildman–Crippen MR) is 233 cm³/mol. The van der Waals surface area contributed by atoms with Crippen molar-refractivity contribution < 1.29 is 38.6 Å². The van der Waals surface area contributed by atoms with Gasteiger partial charge in [0, 0.05) is 53.3 Å². The Balaban J connectivity index is 1.55. The molecule has 15 nitrogen and oxygen atoms in total. The molecule has 0 spiro atoms. The smallest absolute Gasteiger partial charge is 0.326 e. The van der Waals surface area contributed by atoms with Crippen LogP contribution in [-0.4, -0.2) is 98.1 Å². The molecule has 4 aromatic carbocycles. The van der Waals surface area contributed by atoms with Crippen LogP contribution in [0.15, 0.2) is 78.9 Å². The van der Waals surface area contributed by atoms with Crippen LogP contribution in [0.4, 0.5) is 0 Å². The van der Waals surface area contributed by atoms with E-state index in [0.29, 0.717) is 69.6 Å². The maximum atomic E-state index is 14.7. The summed E-state index contributed by atoms with van der Waals surface area (Å²) in [4.78, 5) is 69.4. The van der Waals surface area contributed by atoms with E-state index in [9.17, 15) is 29.1 Å². The van der Waals surface area contributed by atoms with Crippen molar-refractivity contribution in [2.24, 2.45) is 17.2 Å². The Bertz CT molecular complexity index is 2190. The van der Waals surface area contributed by atoms with Gasteiger partial charge < -0.3 is 52.6 Å². The minimum absolute atomic E-state index is 0.0863. The van der Waals surface area contributed by atoms with Crippen molar-refractivity contribution in [1.82, 2.24) is 20.9 Å². The number of likely N-dealkylation sites (N-methyl/N-ethyl adjacent to an activating group) is 1. The Morgan fingerprint density at radius 3 is 2.08 bits per heavy atom. The van der Waals surface area contributed by atoms with Gasteiger partial charge in [-0.3, -0.25) is 19.2 Å². The van der Waals surface area contributed by atoms with Crippen LogP contribution in [0.25, 0.3) is 22.3 Å². The molecular formula is C44H51Cl2N7O8. The second-order valence-electron chi connectivity index (χ2n) is 14.5. The second kappa shape index (κ2) is 22.2. The van der Waals surface area contributed by atoms with Gasteiger partial charge in [-0.1, -0.05) is 60.3 Å². The number of nitrogens with one attached hydrogen (secondary N) is 3. The fourth-order valence-electron chi connectivity index (χ4n) is 7.00. The molecule has 10 N–H and O–H groups in total. The minimum Gasteiger partial charge on any atom is -0.492 e. The van der Waals surface area contributed by atoms with Crippen molar-refractivity contribution in [1.29, 1.82) is 0 Å². The topological polar surface area (TPSA) is 241 Å². The SMILES string of the molecule is CN(C(=O)[C@@H](CCCCCN)NC(=O)c1ccc(-c2cc(Cl)cc(Cl)c2)cc1)[C@@H]1C(=O)NCC(=O)N[C@H](C(=O)O)Cc2ccc(OCCN)c(c2)-c2cc1ccc2OCCN. The number of rotatable bonds is 17. The molecule has 0 aliphatic carbocycles. The first-order chi connectivity index (χ1) is 29.3. The second-order valence-corrected chi connectivity index (χ2v) is 15.4. The molecule has 0 fully saturated rings. The Kier molecular flexibility index (Phi) is 16.9. The van der Waals surface area contributed by atoms with Crippen LogP contribution >= 0.6 is 23.2 Å². The zero-order valence-electron chi connectivity index (χ0n) is 33.8. The number of carbonyl (C=O) groups excluding carboxylic acids is 4. The van der Waals surface area contributed by atoms with Gasteiger partial charge in [-0.05, 0) is 96.2 Å². The van der Waals surface area contributed by atoms with Gasteiger partial charge >= 0.3 is 5.97 Å². The number of fused-ring (bicyclic) bond motifs is 5. The Hall–Kier alpha value is -5.71. The first kappa shape index (κ1) is 46.4. The van der Waals surface area contributed by atoms with Crippen LogP contribution in [0.5, 0.6) is 11.5 Å². The third kappa shape index (κ3) is 12.4. The molecule has 61 heavy (non-hydrogen) atoms. The van der Waals surface area contributed by atoms with E-state index >= 15 is 0 Å². The number of carbonyl (C=O) groups is 5. The summed E-state index contributed by atoms with van der Waals surface area (Å²) in [6.07, 6.45) is 2.07. The zero-order valence-corrected chi connectivity index (χ0v) is 35.3. The van der Waals surface area contributed by atoms with Gasteiger partial charge in [-0.25, -0.2) is 4.79 Å². The fraction of sp³-hybridized carbons (Fsp3) is 0.341. The maximum absolute atomic E-state index is 14.7. The van der Waals surface area contributed by atoms with Crippen molar-refractivity contribution in [3.63, 3.8) is 0 Å². The summed E-state index contributed by atoms with van der Waals surface area (Å²) in [5, 5.41) is 18.9. The summed E-state index contributed by atoms with van der Waals surface area (Å²) in [7, 11) is 1.44. The number of halogens is 2. The van der Waals surface area contributed by atoms with Crippen LogP contribution in [0.2, 0.25) is 10.0 Å². The van der Waals surface area contributed by atoms with Crippen molar-refractivity contribution in [3.05, 3.63) is 106 Å². The lowest BCUT2D eigenvalue weighted by atomic mass is 9.93. The zero-order chi connectivity index (χ0) is 44.1. The first-order valence-corrected chi connectivity index (χ1v) is 20.7. The quantitative estimate of drug-likeness (QED) is 0.0747. The van der Waals surface area contributed by atoms with E-state index in [1.54, 1.807) is 78.9 Å². The molecule has 4 aromatic rings. The van der Waals surface area contributed by atoms with Crippen LogP contribution in [0, 0.1) is 0 Å². The van der Waals surface area contributed by atoms with Gasteiger partial charge in [0.2, 0.25) is 17.7 Å². The molecule has 1 aliphatic heterocycles. The third-order valence-corrected chi connectivity index (χ3v) is 10.5. The Labute approximate surface area is 364 Å². The van der Waals surface area contributed by atoms with Crippen LogP contribution < -0.4 is 42.6 Å². The van der Waals surface area contributed by atoms with E-state index in [1.807, 2.05) is 0 Å². The lowest BCUT2D eigenvalue weighted by molar-refractivity contribution is -0.142. The number of unbranched alkanes of at least 4 members (excludes halogenated alkanes) is 2. The average molecular weight is 877 g/mol. The largest absolute Gasteiger partial charge is 0.492 e. The maximum Gasteiger partial charge on any atom is 0.326 e. The molecule has 17 heteroatoms. The number of benzene rings is 4. The number of aliphatic carboxylic acids is 1. The Morgan fingerprint density at radius 1 is 0.820 bits per heavy atom. The van der Waals surface area contributed by atoms with E-state index in [-0.39, 0.29) is 44.7 Å². The molecule has 324 valence electrons. The van der Waals surface area contributed by atoms with Gasteiger partial charge in [0.05, 0.1) is 6.54 Å². The van der Waals surface area contributed by atoms with Crippen LogP contribution in [-0.2, 0) is 25.6 Å². The number of hydrogen-bond acceptors (Lipinski definition) is 10. The molecule has 5 rings (SSSR count). The molecular weight excluding hydrogens is 825 g/mol. The first-order valence-electron chi connectivity index (χ1n) is 19.9. The molecule has 4 amide bonds. The van der Waals surface area contributed by atoms with E-state index in [4.69, 9.17) is 49.9 Å². The normalized spacial score (nSPS) is 15.7. The highest BCUT2D eigenvalue weighted by atomic mass is 35.5. The van der Waals surface area contributed by atoms with Crippen molar-refractivity contribution in [2.45, 2.75) is 50.2 Å². The molecule has 0 unspecified atom stereocenters. The summed E-state index contributed by atoms with van der Waals surface area (Å²) < 4.78 is 12.1. The highest BCUT2D eigenvalue weighted by Gasteiger charge is 2.35. The summed E-state index contributed by atoms with van der Waals surface area (Å²) in [6.45, 7) is 0.559. The van der Waals surface area contributed by atoms with E-state index in [2.05, 4.69) is 16.0 Å². The summed E-state index contributed by atoms with van der Waals surface area (Å²) in [5.41, 5.74) is 21.0. The van der Waals surface area contributed by atoms with Gasteiger partial charge in [0.1, 0.15) is 42.8 Å². The number of amides is 4. The predicted octanol–water partition coefficient (Wildman–Crippen LogP) is 4.06. The van der Waals surface area contributed by atoms with Crippen LogP contribution in [0.3, 0.4) is 0 Å². The summed E-state index contributed by atoms with van der Waals surface area (Å²) >= 11 is 12.4. The number of nitrogens with zero attached hydrogens (tertiary/aromatic N) is 1. The highest BCUT2D eigenvalue weighted by Crippen LogP contribution is 2.40. The molecule has 0 radical (unpaired) electrons. The van der Waals surface area contributed by atoms with E-state index in [0.717, 1.165) is 11.1 Å². The van der Waals surface area contributed by atoms with Gasteiger partial charge in [0.25, 0.3) is 5.91 Å². The van der Waals surface area contributed by atoms with E-state index in [1.165, 1.54) is 11.9 Å². The average Bonchev–Trinajstić information content (AvgIpc) is 3.24. The molecule has 0 saturated heterocycles. The van der Waals surface area contributed by atoms with Gasteiger partial charge in [-0.2, -0.15) is 0 Å². The molecule has 4 bridgehead atoms. The standard InChI is InChI=1S/C44H51Cl2N7O8/c1-53(43(57)35(5-3-2-4-14-47)52-41(55)28-9-7-27(8-10-28)30-21-31(45)24-32(46)22-30)40-29-11-13-38(61-18-16-49)34(23-29)33-19-26(6-12-37(33)60-17-15-48)20-36(44(58)59)51-39(54)25-50-42(40)56/h6-13,19,21-24,35-36,40H,2-5,14-18,20,25,47-49H2,1H3,(H,50,56)(H,51,54)(H,52,55)(H,58,59)/t35-,36+,40+/m1/s1. The molecule has 1 aliphatic rings. The van der Waals surface area contributed by atoms with E-state index < -0.39 is 54.3 Å². The molecule has 0 aromatic heterocycles. The summed E-state index contributed by atoms with van der Waals surface area (Å²) in [5.74, 6) is -3.11.